The van der Waals surface area contributed by atoms with E-state index in [0.717, 1.165) is 4.88 Å². The summed E-state index contributed by atoms with van der Waals surface area (Å²) in [4.78, 5) is 23.5. The van der Waals surface area contributed by atoms with Gasteiger partial charge in [0.15, 0.2) is 0 Å². The second kappa shape index (κ2) is 6.55. The number of amides is 1. The van der Waals surface area contributed by atoms with Crippen molar-refractivity contribution < 1.29 is 9.72 Å². The molecule has 1 aromatic carbocycles. The summed E-state index contributed by atoms with van der Waals surface area (Å²) in [6, 6.07) is 7.94. The molecular formula is C13H12ClN3O3S. The summed E-state index contributed by atoms with van der Waals surface area (Å²) in [5, 5.41) is 16.4. The van der Waals surface area contributed by atoms with Gasteiger partial charge in [-0.25, -0.2) is 0 Å². The van der Waals surface area contributed by atoms with Gasteiger partial charge in [-0.15, -0.1) is 11.3 Å². The molecule has 0 aliphatic carbocycles. The molecule has 0 aliphatic rings. The van der Waals surface area contributed by atoms with Crippen molar-refractivity contribution in [1.82, 2.24) is 5.32 Å². The molecule has 1 amide bonds. The van der Waals surface area contributed by atoms with E-state index in [1.54, 1.807) is 6.07 Å². The summed E-state index contributed by atoms with van der Waals surface area (Å²) < 4.78 is 0.644. The Labute approximate surface area is 129 Å². The number of hydrogen-bond donors (Lipinski definition) is 2. The number of anilines is 1. The molecule has 110 valence electrons. The SMILES string of the molecule is CNc1c(C(=O)NCc2ccc(Cl)s2)cccc1[N+](=O)[O-]. The van der Waals surface area contributed by atoms with Gasteiger partial charge in [-0.05, 0) is 18.2 Å². The number of nitro benzene ring substituents is 1. The van der Waals surface area contributed by atoms with Gasteiger partial charge in [-0.2, -0.15) is 0 Å². The number of rotatable bonds is 5. The zero-order chi connectivity index (χ0) is 15.4. The third-order valence-corrected chi connectivity index (χ3v) is 4.02. The molecule has 2 N–H and O–H groups in total. The summed E-state index contributed by atoms with van der Waals surface area (Å²) in [5.74, 6) is -0.382. The van der Waals surface area contributed by atoms with Crippen molar-refractivity contribution in [2.75, 3.05) is 12.4 Å². The number of nitrogens with zero attached hydrogens (tertiary/aromatic N) is 1. The van der Waals surface area contributed by atoms with Crippen LogP contribution in [-0.4, -0.2) is 17.9 Å². The first-order valence-electron chi connectivity index (χ1n) is 6.00. The van der Waals surface area contributed by atoms with Gasteiger partial charge in [0.05, 0.1) is 21.4 Å². The number of para-hydroxylation sites is 1. The van der Waals surface area contributed by atoms with Crippen LogP contribution in [0.5, 0.6) is 0 Å². The Morgan fingerprint density at radius 2 is 2.14 bits per heavy atom. The van der Waals surface area contributed by atoms with Crippen molar-refractivity contribution in [2.45, 2.75) is 6.54 Å². The zero-order valence-corrected chi connectivity index (χ0v) is 12.6. The smallest absolute Gasteiger partial charge is 0.293 e. The van der Waals surface area contributed by atoms with E-state index in [1.807, 2.05) is 6.07 Å². The number of halogens is 1. The fourth-order valence-electron chi connectivity index (χ4n) is 1.85. The molecular weight excluding hydrogens is 314 g/mol. The molecule has 0 saturated heterocycles. The third kappa shape index (κ3) is 3.50. The summed E-state index contributed by atoms with van der Waals surface area (Å²) in [6.07, 6.45) is 0. The first kappa shape index (κ1) is 15.3. The second-order valence-electron chi connectivity index (χ2n) is 4.10. The van der Waals surface area contributed by atoms with E-state index < -0.39 is 4.92 Å². The Balaban J connectivity index is 2.19. The molecule has 0 saturated carbocycles. The van der Waals surface area contributed by atoms with Crippen molar-refractivity contribution in [3.63, 3.8) is 0 Å². The van der Waals surface area contributed by atoms with Crippen molar-refractivity contribution in [1.29, 1.82) is 0 Å². The lowest BCUT2D eigenvalue weighted by Crippen LogP contribution is -2.23. The number of benzene rings is 1. The molecule has 8 heteroatoms. The summed E-state index contributed by atoms with van der Waals surface area (Å²) in [5.41, 5.74) is 0.294. The van der Waals surface area contributed by atoms with E-state index in [0.29, 0.717) is 10.9 Å². The summed E-state index contributed by atoms with van der Waals surface area (Å²) in [7, 11) is 1.54. The highest BCUT2D eigenvalue weighted by Gasteiger charge is 2.20. The average molecular weight is 326 g/mol. The number of nitro groups is 1. The number of thiophene rings is 1. The molecule has 0 unspecified atom stereocenters. The molecule has 0 spiro atoms. The highest BCUT2D eigenvalue weighted by atomic mass is 35.5. The average Bonchev–Trinajstić information content (AvgIpc) is 2.89. The van der Waals surface area contributed by atoms with Crippen molar-refractivity contribution in [2.24, 2.45) is 0 Å². The van der Waals surface area contributed by atoms with E-state index in [-0.39, 0.29) is 22.8 Å². The minimum absolute atomic E-state index is 0.135. The van der Waals surface area contributed by atoms with Gasteiger partial charge < -0.3 is 10.6 Å². The van der Waals surface area contributed by atoms with E-state index in [2.05, 4.69) is 10.6 Å². The van der Waals surface area contributed by atoms with Gasteiger partial charge in [0.1, 0.15) is 5.69 Å². The lowest BCUT2D eigenvalue weighted by molar-refractivity contribution is -0.384. The zero-order valence-electron chi connectivity index (χ0n) is 11.1. The second-order valence-corrected chi connectivity index (χ2v) is 5.89. The highest BCUT2D eigenvalue weighted by Crippen LogP contribution is 2.28. The van der Waals surface area contributed by atoms with Crippen LogP contribution in [0.1, 0.15) is 15.2 Å². The van der Waals surface area contributed by atoms with Crippen molar-refractivity contribution in [3.05, 3.63) is 55.2 Å². The predicted molar refractivity (Wildman–Crippen MR) is 83.1 cm³/mol. The highest BCUT2D eigenvalue weighted by molar-refractivity contribution is 7.16. The molecule has 2 aromatic rings. The number of carbonyl (C=O) groups excluding carboxylic acids is 1. The monoisotopic (exact) mass is 325 g/mol. The summed E-state index contributed by atoms with van der Waals surface area (Å²) >= 11 is 7.19. The van der Waals surface area contributed by atoms with Gasteiger partial charge in [0.25, 0.3) is 11.6 Å². The van der Waals surface area contributed by atoms with Crippen LogP contribution in [0.15, 0.2) is 30.3 Å². The van der Waals surface area contributed by atoms with E-state index >= 15 is 0 Å². The molecule has 1 heterocycles. The molecule has 0 radical (unpaired) electrons. The maximum Gasteiger partial charge on any atom is 0.293 e. The lowest BCUT2D eigenvalue weighted by Gasteiger charge is -2.09. The fraction of sp³-hybridized carbons (Fsp3) is 0.154. The first-order valence-corrected chi connectivity index (χ1v) is 7.20. The molecule has 2 rings (SSSR count). The van der Waals surface area contributed by atoms with Crippen LogP contribution in [0.2, 0.25) is 4.34 Å². The maximum atomic E-state index is 12.2. The van der Waals surface area contributed by atoms with E-state index in [9.17, 15) is 14.9 Å². The van der Waals surface area contributed by atoms with Crippen LogP contribution in [0, 0.1) is 10.1 Å². The Bertz CT molecular complexity index is 687. The van der Waals surface area contributed by atoms with Crippen LogP contribution in [0.25, 0.3) is 0 Å². The van der Waals surface area contributed by atoms with E-state index in [4.69, 9.17) is 11.6 Å². The van der Waals surface area contributed by atoms with Crippen molar-refractivity contribution >= 4 is 40.2 Å². The topological polar surface area (TPSA) is 84.3 Å². The van der Waals surface area contributed by atoms with Gasteiger partial charge in [0, 0.05) is 18.0 Å². The molecule has 0 fully saturated rings. The molecule has 1 aromatic heterocycles. The van der Waals surface area contributed by atoms with Gasteiger partial charge in [-0.1, -0.05) is 17.7 Å². The Morgan fingerprint density at radius 1 is 1.38 bits per heavy atom. The van der Waals surface area contributed by atoms with Gasteiger partial charge >= 0.3 is 0 Å². The normalized spacial score (nSPS) is 10.2. The predicted octanol–water partition coefficient (Wildman–Crippen LogP) is 3.28. The minimum atomic E-state index is -0.526. The fourth-order valence-corrected chi connectivity index (χ4v) is 2.88. The van der Waals surface area contributed by atoms with Crippen LogP contribution in [0.3, 0.4) is 0 Å². The van der Waals surface area contributed by atoms with Crippen LogP contribution in [0.4, 0.5) is 11.4 Å². The molecule has 0 aliphatic heterocycles. The molecule has 0 bridgehead atoms. The van der Waals surface area contributed by atoms with Crippen LogP contribution >= 0.6 is 22.9 Å². The number of hydrogen-bond acceptors (Lipinski definition) is 5. The number of carbonyl (C=O) groups is 1. The van der Waals surface area contributed by atoms with Crippen molar-refractivity contribution in [3.8, 4) is 0 Å². The Morgan fingerprint density at radius 3 is 2.71 bits per heavy atom. The van der Waals surface area contributed by atoms with Crippen LogP contribution in [-0.2, 0) is 6.54 Å². The largest absolute Gasteiger partial charge is 0.382 e. The minimum Gasteiger partial charge on any atom is -0.382 e. The van der Waals surface area contributed by atoms with Crippen LogP contribution < -0.4 is 10.6 Å². The number of nitrogens with one attached hydrogen (secondary N) is 2. The first-order chi connectivity index (χ1) is 10.0. The standard InChI is InChI=1S/C13H12ClN3O3S/c1-15-12-9(3-2-4-10(12)17(19)20)13(18)16-7-8-5-6-11(14)21-8/h2-6,15H,7H2,1H3,(H,16,18). The summed E-state index contributed by atoms with van der Waals surface area (Å²) in [6.45, 7) is 0.321. The van der Waals surface area contributed by atoms with Gasteiger partial charge in [0.2, 0.25) is 0 Å². The quantitative estimate of drug-likeness (QED) is 0.652. The lowest BCUT2D eigenvalue weighted by atomic mass is 10.1. The molecule has 6 nitrogen and oxygen atoms in total. The van der Waals surface area contributed by atoms with Gasteiger partial charge in [-0.3, -0.25) is 14.9 Å². The molecule has 0 atom stereocenters. The third-order valence-electron chi connectivity index (χ3n) is 2.79. The maximum absolute atomic E-state index is 12.2. The Kier molecular flexibility index (Phi) is 4.77. The molecule has 21 heavy (non-hydrogen) atoms. The Hall–Kier alpha value is -2.12. The van der Waals surface area contributed by atoms with E-state index in [1.165, 1.54) is 36.6 Å².